The average molecular weight is 269 g/mol. The van der Waals surface area contributed by atoms with Crippen LogP contribution in [0.3, 0.4) is 0 Å². The van der Waals surface area contributed by atoms with E-state index < -0.39 is 0 Å². The van der Waals surface area contributed by atoms with Gasteiger partial charge in [-0.3, -0.25) is 4.79 Å². The SMILES string of the molecule is Cc1ccc2[nH]c(=O)c(C#N)c(N3CCOCC3)c2c1. The lowest BCUT2D eigenvalue weighted by atomic mass is 10.1. The highest BCUT2D eigenvalue weighted by Gasteiger charge is 2.20. The Labute approximate surface area is 116 Å². The smallest absolute Gasteiger partial charge is 0.268 e. The van der Waals surface area contributed by atoms with Crippen LogP contribution in [-0.2, 0) is 4.74 Å². The van der Waals surface area contributed by atoms with E-state index in [2.05, 4.69) is 9.88 Å². The van der Waals surface area contributed by atoms with Crippen molar-refractivity contribution in [3.63, 3.8) is 0 Å². The van der Waals surface area contributed by atoms with Crippen LogP contribution in [0, 0.1) is 18.3 Å². The highest BCUT2D eigenvalue weighted by atomic mass is 16.5. The Morgan fingerprint density at radius 2 is 2.10 bits per heavy atom. The fourth-order valence-corrected chi connectivity index (χ4v) is 2.61. The zero-order valence-electron chi connectivity index (χ0n) is 11.3. The van der Waals surface area contributed by atoms with Gasteiger partial charge in [-0.25, -0.2) is 0 Å². The second-order valence-corrected chi connectivity index (χ2v) is 4.94. The third-order valence-electron chi connectivity index (χ3n) is 3.58. The number of pyridine rings is 1. The van der Waals surface area contributed by atoms with Gasteiger partial charge in [-0.1, -0.05) is 11.6 Å². The third-order valence-corrected chi connectivity index (χ3v) is 3.58. The molecule has 1 saturated heterocycles. The summed E-state index contributed by atoms with van der Waals surface area (Å²) in [4.78, 5) is 16.9. The van der Waals surface area contributed by atoms with Crippen molar-refractivity contribution >= 4 is 16.6 Å². The molecular weight excluding hydrogens is 254 g/mol. The maximum absolute atomic E-state index is 12.1. The van der Waals surface area contributed by atoms with E-state index in [-0.39, 0.29) is 11.1 Å². The van der Waals surface area contributed by atoms with Gasteiger partial charge in [-0.05, 0) is 19.1 Å². The minimum absolute atomic E-state index is 0.185. The molecule has 1 fully saturated rings. The molecule has 1 aromatic heterocycles. The number of rotatable bonds is 1. The second-order valence-electron chi connectivity index (χ2n) is 4.94. The number of nitriles is 1. The number of ether oxygens (including phenoxy) is 1. The number of nitrogens with zero attached hydrogens (tertiary/aromatic N) is 2. The van der Waals surface area contributed by atoms with E-state index in [0.29, 0.717) is 26.3 Å². The monoisotopic (exact) mass is 269 g/mol. The molecule has 2 heterocycles. The van der Waals surface area contributed by atoms with Gasteiger partial charge in [0, 0.05) is 18.5 Å². The van der Waals surface area contributed by atoms with Gasteiger partial charge < -0.3 is 14.6 Å². The Hall–Kier alpha value is -2.32. The molecule has 0 spiro atoms. The topological polar surface area (TPSA) is 69.1 Å². The summed E-state index contributed by atoms with van der Waals surface area (Å²) in [6.07, 6.45) is 0. The first-order chi connectivity index (χ1) is 9.70. The lowest BCUT2D eigenvalue weighted by molar-refractivity contribution is 0.123. The molecule has 0 bridgehead atoms. The fourth-order valence-electron chi connectivity index (χ4n) is 2.61. The number of morpholine rings is 1. The number of hydrogen-bond acceptors (Lipinski definition) is 4. The summed E-state index contributed by atoms with van der Waals surface area (Å²) < 4.78 is 5.35. The van der Waals surface area contributed by atoms with Crippen LogP contribution in [0.2, 0.25) is 0 Å². The number of fused-ring (bicyclic) bond motifs is 1. The maximum atomic E-state index is 12.1. The molecule has 1 aromatic carbocycles. The van der Waals surface area contributed by atoms with E-state index in [1.54, 1.807) is 0 Å². The molecule has 1 aliphatic rings. The van der Waals surface area contributed by atoms with E-state index >= 15 is 0 Å². The number of H-pyrrole nitrogens is 1. The Balaban J connectivity index is 2.32. The molecule has 1 aliphatic heterocycles. The zero-order chi connectivity index (χ0) is 14.1. The van der Waals surface area contributed by atoms with E-state index in [1.165, 1.54) is 0 Å². The number of benzene rings is 1. The molecule has 5 nitrogen and oxygen atoms in total. The second kappa shape index (κ2) is 4.99. The van der Waals surface area contributed by atoms with Crippen LogP contribution in [-0.4, -0.2) is 31.3 Å². The Kier molecular flexibility index (Phi) is 3.17. The molecule has 0 radical (unpaired) electrons. The van der Waals surface area contributed by atoms with Crippen LogP contribution in [0.15, 0.2) is 23.0 Å². The molecule has 0 unspecified atom stereocenters. The van der Waals surface area contributed by atoms with Gasteiger partial charge in [0.15, 0.2) is 0 Å². The quantitative estimate of drug-likeness (QED) is 0.852. The first kappa shape index (κ1) is 12.7. The summed E-state index contributed by atoms with van der Waals surface area (Å²) in [6.45, 7) is 4.62. The summed E-state index contributed by atoms with van der Waals surface area (Å²) in [5.74, 6) is 0. The average Bonchev–Trinajstić information content (AvgIpc) is 2.47. The lowest BCUT2D eigenvalue weighted by Crippen LogP contribution is -2.37. The first-order valence-electron chi connectivity index (χ1n) is 6.60. The highest BCUT2D eigenvalue weighted by molar-refractivity contribution is 5.94. The van der Waals surface area contributed by atoms with E-state index in [1.807, 2.05) is 31.2 Å². The summed E-state index contributed by atoms with van der Waals surface area (Å²) in [5.41, 5.74) is 2.46. The normalized spacial score (nSPS) is 15.3. The summed E-state index contributed by atoms with van der Waals surface area (Å²) >= 11 is 0. The molecule has 0 amide bonds. The van der Waals surface area contributed by atoms with Crippen LogP contribution in [0.25, 0.3) is 10.9 Å². The molecule has 0 atom stereocenters. The minimum atomic E-state index is -0.328. The molecule has 20 heavy (non-hydrogen) atoms. The predicted octanol–water partition coefficient (Wildman–Crippen LogP) is 1.54. The Morgan fingerprint density at radius 3 is 2.80 bits per heavy atom. The van der Waals surface area contributed by atoms with Crippen molar-refractivity contribution in [2.75, 3.05) is 31.2 Å². The Morgan fingerprint density at radius 1 is 1.35 bits per heavy atom. The number of aryl methyl sites for hydroxylation is 1. The predicted molar refractivity (Wildman–Crippen MR) is 77.1 cm³/mol. The van der Waals surface area contributed by atoms with Crippen molar-refractivity contribution in [1.29, 1.82) is 5.26 Å². The summed E-state index contributed by atoms with van der Waals surface area (Å²) in [6, 6.07) is 7.90. The molecule has 102 valence electrons. The van der Waals surface area contributed by atoms with Crippen molar-refractivity contribution in [1.82, 2.24) is 4.98 Å². The molecular formula is C15H15N3O2. The van der Waals surface area contributed by atoms with Crippen LogP contribution in [0.5, 0.6) is 0 Å². The highest BCUT2D eigenvalue weighted by Crippen LogP contribution is 2.28. The Bertz CT molecular complexity index is 752. The zero-order valence-corrected chi connectivity index (χ0v) is 11.3. The molecule has 1 N–H and O–H groups in total. The standard InChI is InChI=1S/C15H15N3O2/c1-10-2-3-13-11(8-10)14(12(9-16)15(19)17-13)18-4-6-20-7-5-18/h2-3,8H,4-7H2,1H3,(H,17,19). The van der Waals surface area contributed by atoms with Gasteiger partial charge >= 0.3 is 0 Å². The van der Waals surface area contributed by atoms with Gasteiger partial charge in [0.05, 0.1) is 24.4 Å². The van der Waals surface area contributed by atoms with Gasteiger partial charge in [0.1, 0.15) is 11.6 Å². The number of anilines is 1. The number of aromatic nitrogens is 1. The molecule has 3 rings (SSSR count). The van der Waals surface area contributed by atoms with Crippen molar-refractivity contribution in [2.24, 2.45) is 0 Å². The van der Waals surface area contributed by atoms with E-state index in [4.69, 9.17) is 4.74 Å². The third kappa shape index (κ3) is 2.04. The van der Waals surface area contributed by atoms with Crippen LogP contribution in [0.1, 0.15) is 11.1 Å². The van der Waals surface area contributed by atoms with Gasteiger partial charge in [-0.15, -0.1) is 0 Å². The van der Waals surface area contributed by atoms with E-state index in [9.17, 15) is 10.1 Å². The molecule has 0 saturated carbocycles. The maximum Gasteiger partial charge on any atom is 0.268 e. The number of aromatic amines is 1. The van der Waals surface area contributed by atoms with Gasteiger partial charge in [0.2, 0.25) is 0 Å². The molecule has 5 heteroatoms. The largest absolute Gasteiger partial charge is 0.378 e. The van der Waals surface area contributed by atoms with Crippen molar-refractivity contribution in [3.8, 4) is 6.07 Å². The van der Waals surface area contributed by atoms with Crippen LogP contribution < -0.4 is 10.5 Å². The molecule has 2 aromatic rings. The lowest BCUT2D eigenvalue weighted by Gasteiger charge is -2.30. The summed E-state index contributed by atoms with van der Waals surface area (Å²) in [5, 5.41) is 10.3. The summed E-state index contributed by atoms with van der Waals surface area (Å²) in [7, 11) is 0. The van der Waals surface area contributed by atoms with E-state index in [0.717, 1.165) is 22.2 Å². The van der Waals surface area contributed by atoms with Crippen molar-refractivity contribution < 1.29 is 4.74 Å². The van der Waals surface area contributed by atoms with Crippen LogP contribution in [0.4, 0.5) is 5.69 Å². The van der Waals surface area contributed by atoms with Crippen LogP contribution >= 0.6 is 0 Å². The number of hydrogen-bond donors (Lipinski definition) is 1. The minimum Gasteiger partial charge on any atom is -0.378 e. The van der Waals surface area contributed by atoms with Crippen molar-refractivity contribution in [3.05, 3.63) is 39.7 Å². The van der Waals surface area contributed by atoms with Gasteiger partial charge in [0.25, 0.3) is 5.56 Å². The van der Waals surface area contributed by atoms with Gasteiger partial charge in [-0.2, -0.15) is 5.26 Å². The molecule has 0 aliphatic carbocycles. The number of nitrogens with one attached hydrogen (secondary N) is 1. The first-order valence-corrected chi connectivity index (χ1v) is 6.60. The fraction of sp³-hybridized carbons (Fsp3) is 0.333. The van der Waals surface area contributed by atoms with Crippen molar-refractivity contribution in [2.45, 2.75) is 6.92 Å².